The molecule has 6 aliphatic rings. The Hall–Kier alpha value is -8.18. The molecule has 3 N–H and O–H groups in total. The molecule has 4 aromatic rings. The van der Waals surface area contributed by atoms with Crippen molar-refractivity contribution in [2.75, 3.05) is 103 Å². The van der Waals surface area contributed by atoms with E-state index in [2.05, 4.69) is 37.9 Å². The number of hydrogen-bond acceptors (Lipinski definition) is 14. The van der Waals surface area contributed by atoms with Gasteiger partial charge in [-0.2, -0.15) is 10.5 Å². The predicted molar refractivity (Wildman–Crippen MR) is 306 cm³/mol. The van der Waals surface area contributed by atoms with Crippen molar-refractivity contribution in [1.29, 1.82) is 10.5 Å². The van der Waals surface area contributed by atoms with Gasteiger partial charge in [-0.3, -0.25) is 0 Å². The van der Waals surface area contributed by atoms with E-state index in [1.54, 1.807) is 28.9 Å². The van der Waals surface area contributed by atoms with Crippen LogP contribution in [0.5, 0.6) is 0 Å². The van der Waals surface area contributed by atoms with Crippen LogP contribution in [-0.2, 0) is 19.0 Å². The molecule has 0 spiro atoms. The van der Waals surface area contributed by atoms with E-state index in [9.17, 15) is 47.7 Å². The fraction of sp³-hybridized carbons (Fsp3) is 0.468. The highest BCUT2D eigenvalue weighted by atomic mass is 19.2. The lowest BCUT2D eigenvalue weighted by Crippen LogP contribution is -2.57. The number of para-hydroxylation sites is 2. The summed E-state index contributed by atoms with van der Waals surface area (Å²) < 4.78 is 57.3. The number of nitrogens with zero attached hydrogens (tertiary/aromatic N) is 8. The molecular weight excluding hydrogens is 1080 g/mol. The van der Waals surface area contributed by atoms with Crippen molar-refractivity contribution in [3.05, 3.63) is 141 Å². The number of halogens is 3. The number of rotatable bonds is 13. The summed E-state index contributed by atoms with van der Waals surface area (Å²) in [4.78, 5) is 75.9. The van der Waals surface area contributed by atoms with Gasteiger partial charge in [-0.1, -0.05) is 42.5 Å². The number of cyclic esters (lactones) is 1. The molecule has 0 radical (unpaired) electrons. The lowest BCUT2D eigenvalue weighted by Gasteiger charge is -2.41. The number of amides is 7. The molecule has 0 aliphatic carbocycles. The largest absolute Gasteiger partial charge is 0.466 e. The maximum Gasteiger partial charge on any atom is 0.418 e. The summed E-state index contributed by atoms with van der Waals surface area (Å²) in [6, 6.07) is 24.7. The number of nitriles is 2. The van der Waals surface area contributed by atoms with Gasteiger partial charge < -0.3 is 49.8 Å². The lowest BCUT2D eigenvalue weighted by molar-refractivity contribution is -0.137. The third-order valence-corrected chi connectivity index (χ3v) is 17.0. The first-order valence-electron chi connectivity index (χ1n) is 28.8. The van der Waals surface area contributed by atoms with Crippen molar-refractivity contribution in [3.8, 4) is 12.1 Å². The third-order valence-electron chi connectivity index (χ3n) is 17.0. The number of benzene rings is 4. The lowest BCUT2D eigenvalue weighted by atomic mass is 9.93. The van der Waals surface area contributed by atoms with Crippen molar-refractivity contribution in [2.24, 2.45) is 11.8 Å². The minimum Gasteiger partial charge on any atom is -0.466 e. The quantitative estimate of drug-likeness (QED) is 0.107. The summed E-state index contributed by atoms with van der Waals surface area (Å²) in [6.07, 6.45) is 6.46. The van der Waals surface area contributed by atoms with Crippen LogP contribution in [0.1, 0.15) is 91.3 Å². The summed E-state index contributed by atoms with van der Waals surface area (Å²) in [5, 5.41) is 28.8. The maximum atomic E-state index is 14.4. The number of hydrogen-bond donors (Lipinski definition) is 3. The number of carbonyl (C=O) groups excluding carboxylic acids is 5. The number of aryl methyl sites for hydroxylation is 1. The van der Waals surface area contributed by atoms with Crippen molar-refractivity contribution in [3.63, 3.8) is 0 Å². The number of ether oxygens (including phenoxy) is 3. The van der Waals surface area contributed by atoms with Gasteiger partial charge in [-0.15, -0.1) is 0 Å². The highest BCUT2D eigenvalue weighted by Gasteiger charge is 2.46. The average molecular weight is 1160 g/mol. The monoisotopic (exact) mass is 1160 g/mol. The van der Waals surface area contributed by atoms with E-state index in [1.807, 2.05) is 48.5 Å². The van der Waals surface area contributed by atoms with Crippen molar-refractivity contribution in [2.45, 2.75) is 82.5 Å². The molecule has 10 rings (SSSR count). The molecule has 5 fully saturated rings. The third kappa shape index (κ3) is 13.9. The molecule has 6 heterocycles. The highest BCUT2D eigenvalue weighted by molar-refractivity contribution is 6.02. The molecule has 0 aromatic heterocycles. The van der Waals surface area contributed by atoms with Gasteiger partial charge in [0.2, 0.25) is 0 Å². The van der Waals surface area contributed by atoms with E-state index in [-0.39, 0.29) is 41.9 Å². The fourth-order valence-electron chi connectivity index (χ4n) is 12.2. The van der Waals surface area contributed by atoms with Crippen LogP contribution in [-0.4, -0.2) is 155 Å². The van der Waals surface area contributed by atoms with Crippen LogP contribution in [0.3, 0.4) is 0 Å². The van der Waals surface area contributed by atoms with Crippen LogP contribution >= 0.6 is 0 Å². The Bertz CT molecular complexity index is 3160. The van der Waals surface area contributed by atoms with Crippen molar-refractivity contribution >= 4 is 41.5 Å². The Balaban J connectivity index is 0.000000205. The Morgan fingerprint density at radius 3 is 1.63 bits per heavy atom. The number of anilines is 2. The molecule has 7 amide bonds. The number of esters is 1. The zero-order valence-corrected chi connectivity index (χ0v) is 47.7. The first kappa shape index (κ1) is 60.4. The van der Waals surface area contributed by atoms with E-state index >= 15 is 0 Å². The molecule has 6 aliphatic heterocycles. The second kappa shape index (κ2) is 27.9. The molecule has 0 unspecified atom stereocenters. The van der Waals surface area contributed by atoms with Gasteiger partial charge in [0.25, 0.3) is 0 Å². The van der Waals surface area contributed by atoms with Crippen molar-refractivity contribution in [1.82, 2.24) is 35.6 Å². The number of nitrogens with one attached hydrogen (secondary N) is 3. The summed E-state index contributed by atoms with van der Waals surface area (Å²) >= 11 is 0. The summed E-state index contributed by atoms with van der Waals surface area (Å²) in [5.74, 6) is -2.66. The molecule has 5 saturated heterocycles. The van der Waals surface area contributed by atoms with Crippen molar-refractivity contribution < 1.29 is 51.4 Å². The zero-order chi connectivity index (χ0) is 59.4. The Kier molecular flexibility index (Phi) is 20.1. The molecule has 2 atom stereocenters. The fourth-order valence-corrected chi connectivity index (χ4v) is 12.2. The van der Waals surface area contributed by atoms with Gasteiger partial charge in [0.15, 0.2) is 11.6 Å². The van der Waals surface area contributed by atoms with E-state index in [1.165, 1.54) is 24.1 Å². The Morgan fingerprint density at radius 1 is 0.643 bits per heavy atom. The number of imide groups is 2. The topological polar surface area (TPSA) is 216 Å². The smallest absolute Gasteiger partial charge is 0.418 e. The van der Waals surface area contributed by atoms with Crippen LogP contribution in [0.15, 0.2) is 96.2 Å². The minimum absolute atomic E-state index is 0.0392. The summed E-state index contributed by atoms with van der Waals surface area (Å²) in [6.45, 7) is 8.76. The molecule has 0 saturated carbocycles. The number of carbonyl (C=O) groups is 5. The van der Waals surface area contributed by atoms with E-state index in [4.69, 9.17) is 14.2 Å². The molecule has 22 heteroatoms. The van der Waals surface area contributed by atoms with Gasteiger partial charge in [0.05, 0.1) is 47.5 Å². The second-order valence-electron chi connectivity index (χ2n) is 22.2. The Labute approximate surface area is 487 Å². The molecular formula is C62H72F3N11O8. The second-order valence-corrected chi connectivity index (χ2v) is 22.2. The summed E-state index contributed by atoms with van der Waals surface area (Å²) in [7, 11) is 2.52. The number of urea groups is 3. The van der Waals surface area contributed by atoms with Crippen LogP contribution in [0, 0.1) is 58.9 Å². The van der Waals surface area contributed by atoms with Gasteiger partial charge in [0, 0.05) is 71.6 Å². The minimum atomic E-state index is -1.36. The Morgan fingerprint density at radius 2 is 1.14 bits per heavy atom. The normalized spacial score (nSPS) is 20.2. The highest BCUT2D eigenvalue weighted by Crippen LogP contribution is 2.37. The standard InChI is InChI=1S/C33H38F2N6O5.C29H34FN5O3/c1-45-20-27-29(31(42)46-2)30(22-7-8-25(34)26(35)17-22)41(32(43)38-27)33(44)40-13-9-21(10-14-40)19-37-24-11-15-39(16-12-24)28-6-4-3-5-23(28)18-36;1-20-16-22(6-7-25(20)30)27-19-38-29(37)35(27)28(36)34-12-8-21(9-13-34)18-32-24-10-14-33(15-11-24)26-5-3-2-4-23(26)17-31/h3-8,17,21,24,30,37H,9-16,19-20H2,1-2H3,(H,38,43);2-7,16,21,24,27,32H,8-15,18-19H2,1H3/t30-;27-/m01/s1. The zero-order valence-electron chi connectivity index (χ0n) is 47.7. The van der Waals surface area contributed by atoms with E-state index in [0.29, 0.717) is 79.6 Å². The number of methoxy groups -OCH3 is 2. The van der Waals surface area contributed by atoms with Gasteiger partial charge in [0.1, 0.15) is 36.6 Å². The maximum absolute atomic E-state index is 14.4. The van der Waals surface area contributed by atoms with Crippen LogP contribution in [0.2, 0.25) is 0 Å². The summed E-state index contributed by atoms with van der Waals surface area (Å²) in [5.41, 5.74) is 4.57. The molecule has 444 valence electrons. The molecule has 0 bridgehead atoms. The number of likely N-dealkylation sites (tertiary alicyclic amines) is 2. The van der Waals surface area contributed by atoms with E-state index < -0.39 is 47.8 Å². The SMILES string of the molecule is COCC1=C(C(=O)OC)[C@H](c2ccc(F)c(F)c2)N(C(=O)N2CCC(CNC3CCN(c4ccccc4C#N)CC3)CC2)C(=O)N1.Cc1cc([C@H]2COC(=O)N2C(=O)N2CCC(CNC3CCN(c4ccccc4C#N)CC3)CC2)ccc1F. The van der Waals surface area contributed by atoms with Crippen LogP contribution in [0.25, 0.3) is 0 Å². The van der Waals surface area contributed by atoms with Gasteiger partial charge in [-0.25, -0.2) is 46.9 Å². The molecule has 4 aromatic carbocycles. The van der Waals surface area contributed by atoms with Gasteiger partial charge in [-0.05, 0) is 142 Å². The van der Waals surface area contributed by atoms with E-state index in [0.717, 1.165) is 119 Å². The van der Waals surface area contributed by atoms with Crippen LogP contribution < -0.4 is 25.8 Å². The predicted octanol–water partition coefficient (Wildman–Crippen LogP) is 8.66. The molecule has 19 nitrogen and oxygen atoms in total. The number of piperidine rings is 4. The van der Waals surface area contributed by atoms with Crippen LogP contribution in [0.4, 0.5) is 43.7 Å². The first-order chi connectivity index (χ1) is 40.7. The first-order valence-corrected chi connectivity index (χ1v) is 28.8. The molecule has 84 heavy (non-hydrogen) atoms. The van der Waals surface area contributed by atoms with Gasteiger partial charge >= 0.3 is 30.2 Å². The average Bonchev–Trinajstić information content (AvgIpc) is 2.44.